The Hall–Kier alpha value is -1.97. The number of allylic oxidation sites excluding steroid dienone is 1. The summed E-state index contributed by atoms with van der Waals surface area (Å²) >= 11 is 7.34. The highest BCUT2D eigenvalue weighted by Gasteiger charge is 2.32. The highest BCUT2D eigenvalue weighted by atomic mass is 35.5. The number of nitrogens with one attached hydrogen (secondary N) is 1. The number of nitrogens with zero attached hydrogens (tertiary/aromatic N) is 1. The predicted octanol–water partition coefficient (Wildman–Crippen LogP) is 3.36. The quantitative estimate of drug-likeness (QED) is 0.810. The van der Waals surface area contributed by atoms with Gasteiger partial charge in [-0.05, 0) is 25.5 Å². The maximum Gasteiger partial charge on any atom is 0.319 e. The van der Waals surface area contributed by atoms with Crippen molar-refractivity contribution in [3.63, 3.8) is 0 Å². The summed E-state index contributed by atoms with van der Waals surface area (Å²) < 4.78 is 4.97. The van der Waals surface area contributed by atoms with E-state index in [4.69, 9.17) is 16.3 Å². The van der Waals surface area contributed by atoms with Crippen LogP contribution in [0.1, 0.15) is 31.7 Å². The molecular formula is C17H17ClN2O3S. The molecule has 1 N–H and O–H groups in total. The zero-order chi connectivity index (χ0) is 17.7. The number of hydrogen-bond acceptors (Lipinski definition) is 5. The Balaban J connectivity index is 2.37. The van der Waals surface area contributed by atoms with Crippen LogP contribution in [0.15, 0.2) is 34.9 Å². The minimum absolute atomic E-state index is 0.143. The molecule has 0 radical (unpaired) electrons. The molecule has 2 atom stereocenters. The average Bonchev–Trinajstić information content (AvgIpc) is 2.55. The van der Waals surface area contributed by atoms with E-state index in [0.717, 1.165) is 17.3 Å². The van der Waals surface area contributed by atoms with Gasteiger partial charge in [0.25, 0.3) is 0 Å². The zero-order valence-corrected chi connectivity index (χ0v) is 14.9. The van der Waals surface area contributed by atoms with Crippen LogP contribution in [-0.4, -0.2) is 23.7 Å². The molecule has 7 heteroatoms. The molecule has 0 saturated carbocycles. The van der Waals surface area contributed by atoms with Crippen molar-refractivity contribution in [3.8, 4) is 6.07 Å². The topological polar surface area (TPSA) is 79.2 Å². The van der Waals surface area contributed by atoms with Gasteiger partial charge in [-0.2, -0.15) is 5.26 Å². The summed E-state index contributed by atoms with van der Waals surface area (Å²) in [7, 11) is 0. The van der Waals surface area contributed by atoms with Crippen molar-refractivity contribution in [2.24, 2.45) is 0 Å². The molecule has 1 amide bonds. The molecule has 0 saturated heterocycles. The van der Waals surface area contributed by atoms with Crippen LogP contribution < -0.4 is 5.32 Å². The van der Waals surface area contributed by atoms with Crippen LogP contribution in [0.4, 0.5) is 0 Å². The highest BCUT2D eigenvalue weighted by molar-refractivity contribution is 8.04. The number of halogens is 1. The second kappa shape index (κ2) is 8.22. The van der Waals surface area contributed by atoms with E-state index in [1.165, 1.54) is 0 Å². The fourth-order valence-electron chi connectivity index (χ4n) is 2.42. The van der Waals surface area contributed by atoms with Crippen LogP contribution in [0.2, 0.25) is 5.02 Å². The van der Waals surface area contributed by atoms with Crippen molar-refractivity contribution in [2.75, 3.05) is 6.61 Å². The molecule has 1 aromatic carbocycles. The highest BCUT2D eigenvalue weighted by Crippen LogP contribution is 2.39. The number of hydrogen-bond donors (Lipinski definition) is 1. The van der Waals surface area contributed by atoms with Crippen LogP contribution in [0.5, 0.6) is 0 Å². The normalized spacial score (nSPS) is 18.6. The lowest BCUT2D eigenvalue weighted by molar-refractivity contribution is -0.142. The first-order valence-corrected chi connectivity index (χ1v) is 8.75. The van der Waals surface area contributed by atoms with Gasteiger partial charge < -0.3 is 10.1 Å². The van der Waals surface area contributed by atoms with Gasteiger partial charge in [0, 0.05) is 17.4 Å². The number of ether oxygens (including phenoxy) is 1. The lowest BCUT2D eigenvalue weighted by Crippen LogP contribution is -2.32. The molecule has 0 aromatic heterocycles. The Morgan fingerprint density at radius 3 is 2.88 bits per heavy atom. The van der Waals surface area contributed by atoms with E-state index in [1.807, 2.05) is 6.07 Å². The zero-order valence-electron chi connectivity index (χ0n) is 13.3. The summed E-state index contributed by atoms with van der Waals surface area (Å²) in [6.45, 7) is 3.68. The maximum absolute atomic E-state index is 12.1. The largest absolute Gasteiger partial charge is 0.465 e. The summed E-state index contributed by atoms with van der Waals surface area (Å²) in [5, 5.41) is 12.6. The van der Waals surface area contributed by atoms with E-state index in [2.05, 4.69) is 11.4 Å². The van der Waals surface area contributed by atoms with E-state index < -0.39 is 11.2 Å². The van der Waals surface area contributed by atoms with Gasteiger partial charge in [-0.3, -0.25) is 9.59 Å². The van der Waals surface area contributed by atoms with E-state index in [-0.39, 0.29) is 24.9 Å². The average molecular weight is 365 g/mol. The van der Waals surface area contributed by atoms with Gasteiger partial charge in [-0.1, -0.05) is 41.6 Å². The van der Waals surface area contributed by atoms with Crippen LogP contribution >= 0.6 is 23.4 Å². The van der Waals surface area contributed by atoms with Gasteiger partial charge in [-0.15, -0.1) is 0 Å². The molecule has 24 heavy (non-hydrogen) atoms. The molecule has 0 unspecified atom stereocenters. The van der Waals surface area contributed by atoms with Gasteiger partial charge in [0.2, 0.25) is 5.91 Å². The van der Waals surface area contributed by atoms with Crippen LogP contribution in [-0.2, 0) is 14.3 Å². The Bertz CT molecular complexity index is 727. The third-order valence-electron chi connectivity index (χ3n) is 3.55. The summed E-state index contributed by atoms with van der Waals surface area (Å²) in [6, 6.07) is 9.31. The molecule has 0 spiro atoms. The number of carbonyl (C=O) groups excluding carboxylic acids is 2. The van der Waals surface area contributed by atoms with Gasteiger partial charge in [-0.25, -0.2) is 0 Å². The van der Waals surface area contributed by atoms with Gasteiger partial charge >= 0.3 is 5.97 Å². The third-order valence-corrected chi connectivity index (χ3v) is 5.00. The van der Waals surface area contributed by atoms with Crippen LogP contribution in [0, 0.1) is 11.3 Å². The summed E-state index contributed by atoms with van der Waals surface area (Å²) in [5.41, 5.74) is 1.14. The number of esters is 1. The molecule has 0 bridgehead atoms. The monoisotopic (exact) mass is 364 g/mol. The minimum atomic E-state index is -0.534. The van der Waals surface area contributed by atoms with E-state index >= 15 is 0 Å². The number of carbonyl (C=O) groups is 2. The lowest BCUT2D eigenvalue weighted by Gasteiger charge is -2.26. The van der Waals surface area contributed by atoms with Crippen molar-refractivity contribution >= 4 is 35.2 Å². The van der Waals surface area contributed by atoms with Crippen molar-refractivity contribution in [3.05, 3.63) is 45.5 Å². The SMILES string of the molecule is CCOC(=O)[C@H](C)SC1=C(C#N)[C@@H](c2ccccc2Cl)CC(=O)N1. The van der Waals surface area contributed by atoms with Crippen molar-refractivity contribution < 1.29 is 14.3 Å². The van der Waals surface area contributed by atoms with E-state index in [9.17, 15) is 14.9 Å². The van der Waals surface area contributed by atoms with Crippen molar-refractivity contribution in [1.82, 2.24) is 5.32 Å². The first-order chi connectivity index (χ1) is 11.5. The first kappa shape index (κ1) is 18.4. The molecular weight excluding hydrogens is 348 g/mol. The molecule has 1 aromatic rings. The minimum Gasteiger partial charge on any atom is -0.465 e. The Morgan fingerprint density at radius 1 is 1.54 bits per heavy atom. The van der Waals surface area contributed by atoms with Gasteiger partial charge in [0.05, 0.1) is 23.3 Å². The first-order valence-electron chi connectivity index (χ1n) is 7.49. The number of rotatable bonds is 5. The van der Waals surface area contributed by atoms with Crippen LogP contribution in [0.3, 0.4) is 0 Å². The second-order valence-electron chi connectivity index (χ2n) is 5.19. The molecule has 2 rings (SSSR count). The molecule has 1 heterocycles. The molecule has 0 aliphatic carbocycles. The Morgan fingerprint density at radius 2 is 2.25 bits per heavy atom. The Labute approximate surface area is 150 Å². The predicted molar refractivity (Wildman–Crippen MR) is 93.3 cm³/mol. The standard InChI is InChI=1S/C17H17ClN2O3S/c1-3-23-17(22)10(2)24-16-13(9-19)12(8-15(21)20-16)11-6-4-5-7-14(11)18/h4-7,10,12H,3,8H2,1-2H3,(H,20,21)/t10-,12+/m0/s1. The molecule has 0 fully saturated rings. The van der Waals surface area contributed by atoms with Crippen molar-refractivity contribution in [1.29, 1.82) is 5.26 Å². The third kappa shape index (κ3) is 4.11. The summed E-state index contributed by atoms with van der Waals surface area (Å²) in [5.74, 6) is -1.02. The number of amides is 1. The van der Waals surface area contributed by atoms with Crippen LogP contribution in [0.25, 0.3) is 0 Å². The molecule has 126 valence electrons. The number of benzene rings is 1. The maximum atomic E-state index is 12.1. The summed E-state index contributed by atoms with van der Waals surface area (Å²) in [4.78, 5) is 23.9. The second-order valence-corrected chi connectivity index (χ2v) is 6.95. The van der Waals surface area contributed by atoms with Gasteiger partial charge in [0.1, 0.15) is 5.25 Å². The fraction of sp³-hybridized carbons (Fsp3) is 0.353. The fourth-order valence-corrected chi connectivity index (χ4v) is 3.69. The smallest absolute Gasteiger partial charge is 0.319 e. The number of thioether (sulfide) groups is 1. The van der Waals surface area contributed by atoms with E-state index in [1.54, 1.807) is 32.0 Å². The molecule has 1 aliphatic heterocycles. The number of nitriles is 1. The van der Waals surface area contributed by atoms with E-state index in [0.29, 0.717) is 15.6 Å². The lowest BCUT2D eigenvalue weighted by atomic mass is 9.87. The molecule has 1 aliphatic rings. The summed E-state index contributed by atoms with van der Waals surface area (Å²) in [6.07, 6.45) is 0.143. The van der Waals surface area contributed by atoms with Gasteiger partial charge in [0.15, 0.2) is 0 Å². The Kier molecular flexibility index (Phi) is 6.29. The molecule has 5 nitrogen and oxygen atoms in total. The van der Waals surface area contributed by atoms with Crippen molar-refractivity contribution in [2.45, 2.75) is 31.4 Å².